The number of hydrogen-bond donors (Lipinski definition) is 1. The molecule has 3 rings (SSSR count). The molecule has 0 radical (unpaired) electrons. The quantitative estimate of drug-likeness (QED) is 0.786. The second-order valence-corrected chi connectivity index (χ2v) is 7.07. The smallest absolute Gasteiger partial charge is 0.210 e. The summed E-state index contributed by atoms with van der Waals surface area (Å²) < 4.78 is 27.1. The van der Waals surface area contributed by atoms with Crippen molar-refractivity contribution in [3.05, 3.63) is 71.3 Å². The molecule has 1 aromatic carbocycles. The standard InChI is InChI=1S/C17H13N3O2S/c1-12-5-7-14(8-6-12)23(21,22)16-10-13(11-18)15-4-2-3-9-20(15)17(16)19/h2-10,19H,1H3. The van der Waals surface area contributed by atoms with Gasteiger partial charge in [-0.2, -0.15) is 5.26 Å². The normalized spacial score (nSPS) is 11.3. The molecule has 0 amide bonds. The third kappa shape index (κ3) is 2.41. The fraction of sp³-hybridized carbons (Fsp3) is 0.0588. The zero-order valence-electron chi connectivity index (χ0n) is 12.3. The van der Waals surface area contributed by atoms with Gasteiger partial charge in [-0.25, -0.2) is 8.42 Å². The van der Waals surface area contributed by atoms with Crippen LogP contribution in [-0.4, -0.2) is 12.8 Å². The molecule has 2 aromatic heterocycles. The number of pyridine rings is 2. The predicted molar refractivity (Wildman–Crippen MR) is 84.6 cm³/mol. The number of benzene rings is 1. The first-order valence-electron chi connectivity index (χ1n) is 6.86. The van der Waals surface area contributed by atoms with Gasteiger partial charge in [-0.3, -0.25) is 9.81 Å². The Morgan fingerprint density at radius 2 is 1.83 bits per heavy atom. The maximum atomic E-state index is 12.8. The van der Waals surface area contributed by atoms with E-state index in [0.29, 0.717) is 5.52 Å². The summed E-state index contributed by atoms with van der Waals surface area (Å²) in [5.41, 5.74) is 1.50. The molecule has 0 bridgehead atoms. The third-order valence-electron chi connectivity index (χ3n) is 3.63. The first-order valence-corrected chi connectivity index (χ1v) is 8.34. The van der Waals surface area contributed by atoms with Crippen LogP contribution in [0.15, 0.2) is 64.5 Å². The lowest BCUT2D eigenvalue weighted by Crippen LogP contribution is -2.22. The van der Waals surface area contributed by atoms with E-state index in [0.717, 1.165) is 5.56 Å². The Hall–Kier alpha value is -2.91. The molecular formula is C17H13N3O2S. The molecule has 0 aliphatic rings. The van der Waals surface area contributed by atoms with Gasteiger partial charge in [0, 0.05) is 6.20 Å². The van der Waals surface area contributed by atoms with E-state index in [9.17, 15) is 13.7 Å². The number of aromatic nitrogens is 1. The molecule has 0 aliphatic heterocycles. The highest BCUT2D eigenvalue weighted by molar-refractivity contribution is 7.91. The van der Waals surface area contributed by atoms with Crippen LogP contribution >= 0.6 is 0 Å². The number of nitrogens with zero attached hydrogens (tertiary/aromatic N) is 2. The maximum absolute atomic E-state index is 12.8. The van der Waals surface area contributed by atoms with Gasteiger partial charge in [-0.15, -0.1) is 0 Å². The lowest BCUT2D eigenvalue weighted by Gasteiger charge is -2.10. The molecule has 23 heavy (non-hydrogen) atoms. The molecule has 0 saturated carbocycles. The number of nitriles is 1. The summed E-state index contributed by atoms with van der Waals surface area (Å²) in [6, 6.07) is 14.8. The van der Waals surface area contributed by atoms with Crippen molar-refractivity contribution in [2.24, 2.45) is 0 Å². The second kappa shape index (κ2) is 5.38. The predicted octanol–water partition coefficient (Wildman–Crippen LogP) is 2.43. The molecule has 3 aromatic rings. The average molecular weight is 323 g/mol. The van der Waals surface area contributed by atoms with Crippen molar-refractivity contribution in [1.29, 1.82) is 10.7 Å². The number of hydrogen-bond acceptors (Lipinski definition) is 4. The zero-order valence-corrected chi connectivity index (χ0v) is 13.1. The van der Waals surface area contributed by atoms with Crippen molar-refractivity contribution in [3.8, 4) is 6.07 Å². The molecular weight excluding hydrogens is 310 g/mol. The lowest BCUT2D eigenvalue weighted by atomic mass is 10.2. The van der Waals surface area contributed by atoms with Crippen molar-refractivity contribution >= 4 is 15.4 Å². The minimum Gasteiger partial charge on any atom is -0.300 e. The zero-order chi connectivity index (χ0) is 16.6. The van der Waals surface area contributed by atoms with Gasteiger partial charge >= 0.3 is 0 Å². The first-order chi connectivity index (χ1) is 10.9. The minimum atomic E-state index is -3.87. The second-order valence-electron chi connectivity index (χ2n) is 5.16. The molecule has 114 valence electrons. The van der Waals surface area contributed by atoms with E-state index in [2.05, 4.69) is 0 Å². The largest absolute Gasteiger partial charge is 0.300 e. The van der Waals surface area contributed by atoms with E-state index < -0.39 is 9.84 Å². The topological polar surface area (TPSA) is 86.2 Å². The van der Waals surface area contributed by atoms with Crippen LogP contribution in [-0.2, 0) is 9.84 Å². The van der Waals surface area contributed by atoms with E-state index in [-0.39, 0.29) is 20.8 Å². The molecule has 0 saturated heterocycles. The van der Waals surface area contributed by atoms with Crippen LogP contribution in [0, 0.1) is 23.7 Å². The third-order valence-corrected chi connectivity index (χ3v) is 5.41. The number of sulfone groups is 1. The molecule has 2 heterocycles. The Labute approximate surface area is 133 Å². The van der Waals surface area contributed by atoms with Crippen LogP contribution in [0.1, 0.15) is 11.1 Å². The van der Waals surface area contributed by atoms with Crippen LogP contribution < -0.4 is 5.49 Å². The average Bonchev–Trinajstić information content (AvgIpc) is 2.55. The van der Waals surface area contributed by atoms with Gasteiger partial charge in [0.2, 0.25) is 9.84 Å². The Balaban J connectivity index is 2.37. The van der Waals surface area contributed by atoms with Gasteiger partial charge in [-0.1, -0.05) is 23.8 Å². The van der Waals surface area contributed by atoms with Gasteiger partial charge in [0.05, 0.1) is 16.0 Å². The van der Waals surface area contributed by atoms with E-state index in [1.807, 2.05) is 13.0 Å². The van der Waals surface area contributed by atoms with E-state index >= 15 is 0 Å². The SMILES string of the molecule is Cc1ccc(S(=O)(=O)c2cc(C#N)c3ccccn3c2=N)cc1. The van der Waals surface area contributed by atoms with Crippen LogP contribution in [0.4, 0.5) is 0 Å². The number of fused-ring (bicyclic) bond motifs is 1. The van der Waals surface area contributed by atoms with Crippen LogP contribution in [0.5, 0.6) is 0 Å². The van der Waals surface area contributed by atoms with E-state index in [1.165, 1.54) is 22.6 Å². The molecule has 0 unspecified atom stereocenters. The fourth-order valence-electron chi connectivity index (χ4n) is 2.39. The Kier molecular flexibility index (Phi) is 3.51. The number of nitrogens with one attached hydrogen (secondary N) is 1. The fourth-order valence-corrected chi connectivity index (χ4v) is 3.76. The van der Waals surface area contributed by atoms with Gasteiger partial charge in [-0.05, 0) is 37.3 Å². The molecule has 6 heteroatoms. The summed E-state index contributed by atoms with van der Waals surface area (Å²) in [5, 5.41) is 17.5. The van der Waals surface area contributed by atoms with E-state index in [1.54, 1.807) is 36.5 Å². The van der Waals surface area contributed by atoms with Gasteiger partial charge in [0.1, 0.15) is 16.5 Å². The minimum absolute atomic E-state index is 0.108. The summed E-state index contributed by atoms with van der Waals surface area (Å²) >= 11 is 0. The molecule has 0 spiro atoms. The van der Waals surface area contributed by atoms with Gasteiger partial charge in [0.25, 0.3) is 0 Å². The van der Waals surface area contributed by atoms with Gasteiger partial charge in [0.15, 0.2) is 0 Å². The summed E-state index contributed by atoms with van der Waals surface area (Å²) in [4.78, 5) is -0.0713. The van der Waals surface area contributed by atoms with Crippen molar-refractivity contribution < 1.29 is 8.42 Å². The van der Waals surface area contributed by atoms with Crippen LogP contribution in [0.2, 0.25) is 0 Å². The van der Waals surface area contributed by atoms with Gasteiger partial charge < -0.3 is 0 Å². The molecule has 0 atom stereocenters. The number of aryl methyl sites for hydroxylation is 1. The summed E-state index contributed by atoms with van der Waals surface area (Å²) in [6.07, 6.45) is 1.58. The van der Waals surface area contributed by atoms with E-state index in [4.69, 9.17) is 5.41 Å². The monoisotopic (exact) mass is 323 g/mol. The van der Waals surface area contributed by atoms with Crippen molar-refractivity contribution in [2.45, 2.75) is 16.7 Å². The number of rotatable bonds is 2. The van der Waals surface area contributed by atoms with Crippen molar-refractivity contribution in [3.63, 3.8) is 0 Å². The maximum Gasteiger partial charge on any atom is 0.210 e. The highest BCUT2D eigenvalue weighted by Gasteiger charge is 2.22. The Morgan fingerprint density at radius 1 is 1.13 bits per heavy atom. The van der Waals surface area contributed by atoms with Crippen molar-refractivity contribution in [1.82, 2.24) is 4.40 Å². The Bertz CT molecular complexity index is 1110. The highest BCUT2D eigenvalue weighted by atomic mass is 32.2. The molecule has 5 nitrogen and oxygen atoms in total. The molecule has 0 fully saturated rings. The van der Waals surface area contributed by atoms with Crippen molar-refractivity contribution in [2.75, 3.05) is 0 Å². The summed E-state index contributed by atoms with van der Waals surface area (Å²) in [6.45, 7) is 1.87. The molecule has 0 aliphatic carbocycles. The van der Waals surface area contributed by atoms with Crippen LogP contribution in [0.3, 0.4) is 0 Å². The lowest BCUT2D eigenvalue weighted by molar-refractivity contribution is 0.593. The summed E-state index contributed by atoms with van der Waals surface area (Å²) in [7, 11) is -3.87. The highest BCUT2D eigenvalue weighted by Crippen LogP contribution is 2.21. The molecule has 1 N–H and O–H groups in total. The summed E-state index contributed by atoms with van der Waals surface area (Å²) in [5.74, 6) is 0. The van der Waals surface area contributed by atoms with Crippen LogP contribution in [0.25, 0.3) is 5.52 Å². The first kappa shape index (κ1) is 15.0. The Morgan fingerprint density at radius 3 is 2.48 bits per heavy atom.